The zero-order valence-electron chi connectivity index (χ0n) is 16.5. The summed E-state index contributed by atoms with van der Waals surface area (Å²) in [6.45, 7) is 7.86. The minimum atomic E-state index is 0.509. The first-order chi connectivity index (χ1) is 12.8. The molecule has 5 heteroatoms. The molecule has 144 valence electrons. The van der Waals surface area contributed by atoms with Gasteiger partial charge in [0.15, 0.2) is 5.96 Å². The van der Waals surface area contributed by atoms with Gasteiger partial charge in [-0.05, 0) is 50.9 Å². The second kappa shape index (κ2) is 9.81. The van der Waals surface area contributed by atoms with E-state index in [0.29, 0.717) is 12.1 Å². The lowest BCUT2D eigenvalue weighted by Crippen LogP contribution is -2.52. The van der Waals surface area contributed by atoms with E-state index in [-0.39, 0.29) is 0 Å². The van der Waals surface area contributed by atoms with Gasteiger partial charge in [0.25, 0.3) is 0 Å². The molecule has 0 bridgehead atoms. The van der Waals surface area contributed by atoms with Crippen LogP contribution < -0.4 is 15.5 Å². The van der Waals surface area contributed by atoms with Gasteiger partial charge in [0.2, 0.25) is 0 Å². The molecule has 1 aromatic rings. The largest absolute Gasteiger partial charge is 0.371 e. The van der Waals surface area contributed by atoms with E-state index < -0.39 is 0 Å². The molecule has 3 rings (SSSR count). The summed E-state index contributed by atoms with van der Waals surface area (Å²) in [6, 6.07) is 11.9. The maximum Gasteiger partial charge on any atom is 0.191 e. The number of anilines is 1. The van der Waals surface area contributed by atoms with E-state index in [1.54, 1.807) is 0 Å². The molecule has 1 atom stereocenters. The Bertz CT molecular complexity index is 551. The van der Waals surface area contributed by atoms with E-state index >= 15 is 0 Å². The second-order valence-electron chi connectivity index (χ2n) is 7.47. The molecule has 2 aliphatic rings. The Balaban J connectivity index is 1.43. The fourth-order valence-electron chi connectivity index (χ4n) is 4.23. The highest BCUT2D eigenvalue weighted by Gasteiger charge is 2.23. The van der Waals surface area contributed by atoms with E-state index in [0.717, 1.165) is 45.0 Å². The summed E-state index contributed by atoms with van der Waals surface area (Å²) in [7, 11) is 1.88. The van der Waals surface area contributed by atoms with Gasteiger partial charge in [0.05, 0.1) is 0 Å². The van der Waals surface area contributed by atoms with Gasteiger partial charge < -0.3 is 15.5 Å². The standard InChI is InChI=1S/C21H35N5/c1-3-25-14-8-7-11-20(25)17-23-21(22-2)24-18-12-15-26(16-13-18)19-9-5-4-6-10-19/h4-6,9-10,18,20H,3,7-8,11-17H2,1-2H3,(H2,22,23,24). The first-order valence-corrected chi connectivity index (χ1v) is 10.3. The number of para-hydroxylation sites is 1. The molecule has 0 aromatic heterocycles. The molecular formula is C21H35N5. The molecule has 0 amide bonds. The quantitative estimate of drug-likeness (QED) is 0.628. The minimum Gasteiger partial charge on any atom is -0.371 e. The van der Waals surface area contributed by atoms with Crippen LogP contribution in [-0.2, 0) is 0 Å². The zero-order chi connectivity index (χ0) is 18.2. The molecule has 2 fully saturated rings. The van der Waals surface area contributed by atoms with Crippen LogP contribution in [0.3, 0.4) is 0 Å². The molecule has 2 N–H and O–H groups in total. The number of hydrogen-bond donors (Lipinski definition) is 2. The average molecular weight is 358 g/mol. The Hall–Kier alpha value is -1.75. The monoisotopic (exact) mass is 357 g/mol. The molecule has 2 aliphatic heterocycles. The third-order valence-electron chi connectivity index (χ3n) is 5.84. The van der Waals surface area contributed by atoms with Gasteiger partial charge in [-0.1, -0.05) is 31.5 Å². The van der Waals surface area contributed by atoms with Crippen LogP contribution in [0.4, 0.5) is 5.69 Å². The van der Waals surface area contributed by atoms with E-state index in [1.165, 1.54) is 31.5 Å². The Kier molecular flexibility index (Phi) is 7.18. The summed E-state index contributed by atoms with van der Waals surface area (Å²) in [5.41, 5.74) is 1.34. The van der Waals surface area contributed by atoms with Crippen LogP contribution in [0.15, 0.2) is 35.3 Å². The molecule has 0 spiro atoms. The maximum atomic E-state index is 4.46. The number of likely N-dealkylation sites (N-methyl/N-ethyl adjacent to an activating group) is 1. The molecule has 0 aliphatic carbocycles. The van der Waals surface area contributed by atoms with Crippen LogP contribution in [0.5, 0.6) is 0 Å². The molecular weight excluding hydrogens is 322 g/mol. The molecule has 0 saturated carbocycles. The molecule has 1 unspecified atom stereocenters. The predicted molar refractivity (Wildman–Crippen MR) is 111 cm³/mol. The number of nitrogens with one attached hydrogen (secondary N) is 2. The number of nitrogens with zero attached hydrogens (tertiary/aromatic N) is 3. The number of piperidine rings is 2. The van der Waals surface area contributed by atoms with Crippen LogP contribution >= 0.6 is 0 Å². The Labute approximate surface area is 158 Å². The SMILES string of the molecule is CCN1CCCCC1CNC(=NC)NC1CCN(c2ccccc2)CC1. The highest BCUT2D eigenvalue weighted by Crippen LogP contribution is 2.19. The fraction of sp³-hybridized carbons (Fsp3) is 0.667. The predicted octanol–water partition coefficient (Wildman–Crippen LogP) is 2.69. The van der Waals surface area contributed by atoms with Crippen molar-refractivity contribution in [1.29, 1.82) is 0 Å². The lowest BCUT2D eigenvalue weighted by molar-refractivity contribution is 0.157. The van der Waals surface area contributed by atoms with Crippen molar-refractivity contribution in [2.45, 2.75) is 51.1 Å². The van der Waals surface area contributed by atoms with Crippen molar-refractivity contribution in [3.63, 3.8) is 0 Å². The van der Waals surface area contributed by atoms with Crippen molar-refractivity contribution < 1.29 is 0 Å². The number of benzene rings is 1. The topological polar surface area (TPSA) is 42.9 Å². The molecule has 2 heterocycles. The van der Waals surface area contributed by atoms with Crippen LogP contribution in [0.25, 0.3) is 0 Å². The third-order valence-corrected chi connectivity index (χ3v) is 5.84. The van der Waals surface area contributed by atoms with Gasteiger partial charge in [-0.25, -0.2) is 0 Å². The number of hydrogen-bond acceptors (Lipinski definition) is 3. The van der Waals surface area contributed by atoms with Crippen molar-refractivity contribution in [2.24, 2.45) is 4.99 Å². The lowest BCUT2D eigenvalue weighted by atomic mass is 10.0. The van der Waals surface area contributed by atoms with Crippen LogP contribution in [0.1, 0.15) is 39.0 Å². The minimum absolute atomic E-state index is 0.509. The van der Waals surface area contributed by atoms with Crippen LogP contribution in [0.2, 0.25) is 0 Å². The van der Waals surface area contributed by atoms with E-state index in [4.69, 9.17) is 0 Å². The summed E-state index contributed by atoms with van der Waals surface area (Å²) in [6.07, 6.45) is 6.30. The van der Waals surface area contributed by atoms with Crippen molar-refractivity contribution in [2.75, 3.05) is 44.7 Å². The van der Waals surface area contributed by atoms with Crippen LogP contribution in [-0.4, -0.2) is 62.7 Å². The number of aliphatic imine (C=N–C) groups is 1. The Morgan fingerprint density at radius 2 is 1.85 bits per heavy atom. The maximum absolute atomic E-state index is 4.46. The summed E-state index contributed by atoms with van der Waals surface area (Å²) >= 11 is 0. The van der Waals surface area contributed by atoms with E-state index in [1.807, 2.05) is 7.05 Å². The van der Waals surface area contributed by atoms with E-state index in [9.17, 15) is 0 Å². The summed E-state index contributed by atoms with van der Waals surface area (Å²) in [4.78, 5) is 9.54. The zero-order valence-corrected chi connectivity index (χ0v) is 16.5. The summed E-state index contributed by atoms with van der Waals surface area (Å²) in [5, 5.41) is 7.22. The van der Waals surface area contributed by atoms with E-state index in [2.05, 4.69) is 62.7 Å². The van der Waals surface area contributed by atoms with Crippen molar-refractivity contribution in [3.05, 3.63) is 30.3 Å². The smallest absolute Gasteiger partial charge is 0.191 e. The van der Waals surface area contributed by atoms with Gasteiger partial charge in [-0.15, -0.1) is 0 Å². The average Bonchev–Trinajstić information content (AvgIpc) is 2.72. The molecule has 2 saturated heterocycles. The Morgan fingerprint density at radius 3 is 2.54 bits per heavy atom. The first-order valence-electron chi connectivity index (χ1n) is 10.3. The number of likely N-dealkylation sites (tertiary alicyclic amines) is 1. The second-order valence-corrected chi connectivity index (χ2v) is 7.47. The van der Waals surface area contributed by atoms with Crippen molar-refractivity contribution >= 4 is 11.6 Å². The normalized spacial score (nSPS) is 23.1. The van der Waals surface area contributed by atoms with Gasteiger partial charge in [0.1, 0.15) is 0 Å². The highest BCUT2D eigenvalue weighted by molar-refractivity contribution is 5.80. The molecule has 0 radical (unpaired) electrons. The van der Waals surface area contributed by atoms with Gasteiger partial charge in [0, 0.05) is 44.5 Å². The van der Waals surface area contributed by atoms with Gasteiger partial charge >= 0.3 is 0 Å². The van der Waals surface area contributed by atoms with Crippen molar-refractivity contribution in [3.8, 4) is 0 Å². The number of rotatable bonds is 5. The number of guanidine groups is 1. The molecule has 26 heavy (non-hydrogen) atoms. The third kappa shape index (κ3) is 5.13. The fourth-order valence-corrected chi connectivity index (χ4v) is 4.23. The summed E-state index contributed by atoms with van der Waals surface area (Å²) < 4.78 is 0. The molecule has 1 aromatic carbocycles. The van der Waals surface area contributed by atoms with Gasteiger partial charge in [-0.3, -0.25) is 9.89 Å². The first kappa shape index (κ1) is 19.0. The highest BCUT2D eigenvalue weighted by atomic mass is 15.2. The Morgan fingerprint density at radius 1 is 1.08 bits per heavy atom. The molecule has 5 nitrogen and oxygen atoms in total. The van der Waals surface area contributed by atoms with Crippen LogP contribution in [0, 0.1) is 0 Å². The summed E-state index contributed by atoms with van der Waals surface area (Å²) in [5.74, 6) is 0.963. The van der Waals surface area contributed by atoms with Gasteiger partial charge in [-0.2, -0.15) is 0 Å². The van der Waals surface area contributed by atoms with Crippen molar-refractivity contribution in [1.82, 2.24) is 15.5 Å². The lowest BCUT2D eigenvalue weighted by Gasteiger charge is -2.36.